The van der Waals surface area contributed by atoms with Gasteiger partial charge in [-0.15, -0.1) is 0 Å². The van der Waals surface area contributed by atoms with Crippen molar-refractivity contribution in [2.75, 3.05) is 5.73 Å². The lowest BCUT2D eigenvalue weighted by molar-refractivity contribution is 0.404. The first-order valence-electron chi connectivity index (χ1n) is 7.87. The van der Waals surface area contributed by atoms with Crippen LogP contribution in [-0.4, -0.2) is 5.16 Å². The summed E-state index contributed by atoms with van der Waals surface area (Å²) in [7, 11) is 0. The SMILES string of the molecule is Nc1conc1C1CCCc2cc(Oc3ccccc3)ccc21. The molecule has 1 aliphatic rings. The van der Waals surface area contributed by atoms with Crippen LogP contribution in [0, 0.1) is 0 Å². The number of hydrogen-bond acceptors (Lipinski definition) is 4. The molecule has 23 heavy (non-hydrogen) atoms. The summed E-state index contributed by atoms with van der Waals surface area (Å²) in [5.41, 5.74) is 10.0. The molecule has 3 aromatic rings. The zero-order valence-corrected chi connectivity index (χ0v) is 12.7. The van der Waals surface area contributed by atoms with Crippen molar-refractivity contribution in [1.29, 1.82) is 0 Å². The standard InChI is InChI=1S/C19H18N2O2/c20-18-12-22-21-19(18)17-8-4-5-13-11-15(9-10-16(13)17)23-14-6-2-1-3-7-14/h1-3,6-7,9-12,17H,4-5,8,20H2. The summed E-state index contributed by atoms with van der Waals surface area (Å²) in [4.78, 5) is 0. The molecule has 1 heterocycles. The Kier molecular flexibility index (Phi) is 3.50. The number of nitrogens with two attached hydrogens (primary N) is 1. The summed E-state index contributed by atoms with van der Waals surface area (Å²) in [5, 5.41) is 4.10. The van der Waals surface area contributed by atoms with Crippen molar-refractivity contribution in [2.45, 2.75) is 25.2 Å². The number of nitrogens with zero attached hydrogens (tertiary/aromatic N) is 1. The lowest BCUT2D eigenvalue weighted by Crippen LogP contribution is -2.12. The molecule has 0 bridgehead atoms. The number of benzene rings is 2. The monoisotopic (exact) mass is 306 g/mol. The van der Waals surface area contributed by atoms with Crippen molar-refractivity contribution < 1.29 is 9.26 Å². The van der Waals surface area contributed by atoms with Crippen LogP contribution in [0.5, 0.6) is 11.5 Å². The Morgan fingerprint density at radius 3 is 2.74 bits per heavy atom. The first-order chi connectivity index (χ1) is 11.3. The fourth-order valence-electron chi connectivity index (χ4n) is 3.28. The van der Waals surface area contributed by atoms with Gasteiger partial charge in [0.1, 0.15) is 23.5 Å². The molecule has 1 unspecified atom stereocenters. The summed E-state index contributed by atoms with van der Waals surface area (Å²) < 4.78 is 11.0. The third-order valence-electron chi connectivity index (χ3n) is 4.36. The van der Waals surface area contributed by atoms with Crippen LogP contribution < -0.4 is 10.5 Å². The fraction of sp³-hybridized carbons (Fsp3) is 0.211. The van der Waals surface area contributed by atoms with Gasteiger partial charge in [-0.05, 0) is 54.7 Å². The third-order valence-corrected chi connectivity index (χ3v) is 4.36. The van der Waals surface area contributed by atoms with E-state index in [0.717, 1.165) is 36.5 Å². The van der Waals surface area contributed by atoms with E-state index >= 15 is 0 Å². The summed E-state index contributed by atoms with van der Waals surface area (Å²) >= 11 is 0. The highest BCUT2D eigenvalue weighted by atomic mass is 16.5. The number of aromatic nitrogens is 1. The predicted molar refractivity (Wildman–Crippen MR) is 88.7 cm³/mol. The van der Waals surface area contributed by atoms with Crippen LogP contribution >= 0.6 is 0 Å². The smallest absolute Gasteiger partial charge is 0.147 e. The second-order valence-electron chi connectivity index (χ2n) is 5.88. The van der Waals surface area contributed by atoms with E-state index < -0.39 is 0 Å². The maximum Gasteiger partial charge on any atom is 0.147 e. The molecule has 0 fully saturated rings. The quantitative estimate of drug-likeness (QED) is 0.773. The molecule has 116 valence electrons. The average Bonchev–Trinajstić information content (AvgIpc) is 3.01. The molecule has 1 aromatic heterocycles. The maximum absolute atomic E-state index is 5.98. The maximum atomic E-state index is 5.98. The van der Waals surface area contributed by atoms with E-state index in [1.807, 2.05) is 36.4 Å². The predicted octanol–water partition coefficient (Wildman–Crippen LogP) is 4.52. The van der Waals surface area contributed by atoms with Gasteiger partial charge >= 0.3 is 0 Å². The van der Waals surface area contributed by atoms with Crippen LogP contribution in [0.3, 0.4) is 0 Å². The summed E-state index contributed by atoms with van der Waals surface area (Å²) in [6.07, 6.45) is 4.72. The molecule has 1 atom stereocenters. The first-order valence-corrected chi connectivity index (χ1v) is 7.87. The highest BCUT2D eigenvalue weighted by Crippen LogP contribution is 2.39. The van der Waals surface area contributed by atoms with Crippen molar-refractivity contribution in [3.05, 3.63) is 71.6 Å². The van der Waals surface area contributed by atoms with E-state index in [1.165, 1.54) is 17.4 Å². The molecule has 0 aliphatic heterocycles. The summed E-state index contributed by atoms with van der Waals surface area (Å²) in [5.74, 6) is 1.92. The molecule has 0 amide bonds. The van der Waals surface area contributed by atoms with Gasteiger partial charge < -0.3 is 15.0 Å². The molecule has 1 aliphatic carbocycles. The minimum atomic E-state index is 0.211. The Bertz CT molecular complexity index is 811. The second kappa shape index (κ2) is 5.80. The Balaban J connectivity index is 1.65. The number of nitrogen functional groups attached to an aromatic ring is 1. The molecular formula is C19H18N2O2. The van der Waals surface area contributed by atoms with E-state index in [4.69, 9.17) is 15.0 Å². The number of hydrogen-bond donors (Lipinski definition) is 1. The van der Waals surface area contributed by atoms with Crippen LogP contribution in [0.1, 0.15) is 35.6 Å². The van der Waals surface area contributed by atoms with Crippen LogP contribution in [-0.2, 0) is 6.42 Å². The lowest BCUT2D eigenvalue weighted by atomic mass is 9.80. The van der Waals surface area contributed by atoms with Gasteiger partial charge in [0.25, 0.3) is 0 Å². The van der Waals surface area contributed by atoms with Gasteiger partial charge in [0, 0.05) is 5.92 Å². The van der Waals surface area contributed by atoms with E-state index in [1.54, 1.807) is 0 Å². The molecule has 4 nitrogen and oxygen atoms in total. The van der Waals surface area contributed by atoms with E-state index in [9.17, 15) is 0 Å². The largest absolute Gasteiger partial charge is 0.457 e. The van der Waals surface area contributed by atoms with Crippen molar-refractivity contribution >= 4 is 5.69 Å². The van der Waals surface area contributed by atoms with Crippen LogP contribution in [0.4, 0.5) is 5.69 Å². The summed E-state index contributed by atoms with van der Waals surface area (Å²) in [6.45, 7) is 0. The Morgan fingerprint density at radius 2 is 1.96 bits per heavy atom. The van der Waals surface area contributed by atoms with Gasteiger partial charge in [-0.25, -0.2) is 0 Å². The van der Waals surface area contributed by atoms with Crippen molar-refractivity contribution in [1.82, 2.24) is 5.16 Å². The molecule has 2 N–H and O–H groups in total. The van der Waals surface area contributed by atoms with Crippen LogP contribution in [0.15, 0.2) is 59.3 Å². The molecule has 0 radical (unpaired) electrons. The van der Waals surface area contributed by atoms with Gasteiger partial charge in [-0.1, -0.05) is 29.4 Å². The van der Waals surface area contributed by atoms with E-state index in [-0.39, 0.29) is 5.92 Å². The Hall–Kier alpha value is -2.75. The van der Waals surface area contributed by atoms with Gasteiger partial charge in [0.2, 0.25) is 0 Å². The highest BCUT2D eigenvalue weighted by molar-refractivity contribution is 5.50. The van der Waals surface area contributed by atoms with Gasteiger partial charge in [-0.3, -0.25) is 0 Å². The number of anilines is 1. The van der Waals surface area contributed by atoms with Gasteiger partial charge in [-0.2, -0.15) is 0 Å². The fourth-order valence-corrected chi connectivity index (χ4v) is 3.28. The normalized spacial score (nSPS) is 16.8. The van der Waals surface area contributed by atoms with Crippen LogP contribution in [0.25, 0.3) is 0 Å². The number of ether oxygens (including phenoxy) is 1. The third kappa shape index (κ3) is 2.68. The van der Waals surface area contributed by atoms with E-state index in [2.05, 4.69) is 17.3 Å². The number of para-hydroxylation sites is 1. The van der Waals surface area contributed by atoms with Crippen LogP contribution in [0.2, 0.25) is 0 Å². The minimum Gasteiger partial charge on any atom is -0.457 e. The molecule has 0 saturated heterocycles. The first kappa shape index (κ1) is 13.9. The molecular weight excluding hydrogens is 288 g/mol. The van der Waals surface area contributed by atoms with E-state index in [0.29, 0.717) is 5.69 Å². The Morgan fingerprint density at radius 1 is 1.09 bits per heavy atom. The summed E-state index contributed by atoms with van der Waals surface area (Å²) in [6, 6.07) is 16.1. The minimum absolute atomic E-state index is 0.211. The van der Waals surface area contributed by atoms with Crippen molar-refractivity contribution in [3.63, 3.8) is 0 Å². The molecule has 0 saturated carbocycles. The topological polar surface area (TPSA) is 61.3 Å². The van der Waals surface area contributed by atoms with Gasteiger partial charge in [0.05, 0.1) is 5.69 Å². The van der Waals surface area contributed by atoms with Crippen molar-refractivity contribution in [3.8, 4) is 11.5 Å². The zero-order valence-electron chi connectivity index (χ0n) is 12.7. The van der Waals surface area contributed by atoms with Gasteiger partial charge in [0.15, 0.2) is 0 Å². The number of aryl methyl sites for hydroxylation is 1. The average molecular weight is 306 g/mol. The van der Waals surface area contributed by atoms with Crippen molar-refractivity contribution in [2.24, 2.45) is 0 Å². The lowest BCUT2D eigenvalue weighted by Gasteiger charge is -2.24. The second-order valence-corrected chi connectivity index (χ2v) is 5.88. The Labute approximate surface area is 134 Å². The number of rotatable bonds is 3. The molecule has 4 heteroatoms. The molecule has 4 rings (SSSR count). The number of fused-ring (bicyclic) bond motifs is 1. The molecule has 2 aromatic carbocycles. The zero-order chi connectivity index (χ0) is 15.6. The highest BCUT2D eigenvalue weighted by Gasteiger charge is 2.26. The molecule has 0 spiro atoms.